The van der Waals surface area contributed by atoms with E-state index in [2.05, 4.69) is 30.8 Å². The molecule has 170 valence electrons. The molecule has 0 bridgehead atoms. The van der Waals surface area contributed by atoms with Gasteiger partial charge in [-0.25, -0.2) is 9.97 Å². The summed E-state index contributed by atoms with van der Waals surface area (Å²) in [5.41, 5.74) is 1.37. The average Bonchev–Trinajstić information content (AvgIpc) is 3.02. The van der Waals surface area contributed by atoms with Crippen LogP contribution in [-0.4, -0.2) is 50.4 Å². The van der Waals surface area contributed by atoms with E-state index in [-0.39, 0.29) is 5.69 Å². The first-order valence-corrected chi connectivity index (χ1v) is 10.7. The molecule has 0 atom stereocenters. The van der Waals surface area contributed by atoms with Crippen molar-refractivity contribution in [2.75, 3.05) is 31.1 Å². The van der Waals surface area contributed by atoms with Crippen molar-refractivity contribution in [1.82, 2.24) is 19.3 Å². The molecule has 1 fully saturated rings. The molecule has 0 aliphatic carbocycles. The minimum absolute atomic E-state index is 0.201. The highest BCUT2D eigenvalue weighted by atomic mass is 79.9. The molecule has 1 aromatic carbocycles. The Morgan fingerprint density at radius 1 is 1.12 bits per heavy atom. The standard InChI is InChI=1S/C20H20BrF3N6O2/c1-12-9-13(2)29-18(21)15(26-19(29)25-12)11-27-5-7-28(8-6-27)16-4-3-14(20(22,23)24)10-17(16)30(31)32/h3-4,9-10H,5-8,11H2,1-2H3. The van der Waals surface area contributed by atoms with Crippen molar-refractivity contribution < 1.29 is 18.1 Å². The van der Waals surface area contributed by atoms with Gasteiger partial charge in [-0.3, -0.25) is 19.4 Å². The van der Waals surface area contributed by atoms with Gasteiger partial charge in [0.25, 0.3) is 5.69 Å². The molecule has 12 heteroatoms. The zero-order valence-electron chi connectivity index (χ0n) is 17.4. The molecule has 3 aromatic rings. The van der Waals surface area contributed by atoms with Crippen LogP contribution in [0.25, 0.3) is 5.78 Å². The van der Waals surface area contributed by atoms with Gasteiger partial charge in [0, 0.05) is 50.2 Å². The van der Waals surface area contributed by atoms with Crippen molar-refractivity contribution in [2.45, 2.75) is 26.6 Å². The van der Waals surface area contributed by atoms with Crippen molar-refractivity contribution in [3.63, 3.8) is 0 Å². The maximum absolute atomic E-state index is 13.0. The van der Waals surface area contributed by atoms with E-state index in [9.17, 15) is 23.3 Å². The first-order chi connectivity index (χ1) is 15.0. The van der Waals surface area contributed by atoms with Crippen molar-refractivity contribution in [2.24, 2.45) is 0 Å². The summed E-state index contributed by atoms with van der Waals surface area (Å²) in [6.45, 7) is 6.53. The quantitative estimate of drug-likeness (QED) is 0.381. The third kappa shape index (κ3) is 4.29. The van der Waals surface area contributed by atoms with E-state index in [0.29, 0.717) is 44.6 Å². The molecule has 0 spiro atoms. The van der Waals surface area contributed by atoms with Crippen molar-refractivity contribution >= 4 is 33.1 Å². The van der Waals surface area contributed by atoms with Gasteiger partial charge >= 0.3 is 6.18 Å². The summed E-state index contributed by atoms with van der Waals surface area (Å²) in [4.78, 5) is 23.6. The second-order valence-corrected chi connectivity index (χ2v) is 8.50. The fourth-order valence-corrected chi connectivity index (χ4v) is 4.60. The predicted molar refractivity (Wildman–Crippen MR) is 116 cm³/mol. The number of nitro benzene ring substituents is 1. The zero-order valence-corrected chi connectivity index (χ0v) is 18.9. The van der Waals surface area contributed by atoms with Crippen LogP contribution < -0.4 is 4.90 Å². The zero-order chi connectivity index (χ0) is 23.2. The molecule has 8 nitrogen and oxygen atoms in total. The maximum atomic E-state index is 13.0. The van der Waals surface area contributed by atoms with Crippen LogP contribution in [0.5, 0.6) is 0 Å². The Balaban J connectivity index is 1.49. The fraction of sp³-hybridized carbons (Fsp3) is 0.400. The van der Waals surface area contributed by atoms with Gasteiger partial charge in [-0.15, -0.1) is 0 Å². The molecule has 4 rings (SSSR count). The van der Waals surface area contributed by atoms with Gasteiger partial charge < -0.3 is 4.90 Å². The number of aryl methyl sites for hydroxylation is 2. The average molecular weight is 513 g/mol. The molecule has 3 heterocycles. The number of fused-ring (bicyclic) bond motifs is 1. The van der Waals surface area contributed by atoms with Crippen LogP contribution in [0.1, 0.15) is 22.6 Å². The summed E-state index contributed by atoms with van der Waals surface area (Å²) >= 11 is 3.61. The molecular formula is C20H20BrF3N6O2. The lowest BCUT2D eigenvalue weighted by molar-refractivity contribution is -0.384. The van der Waals surface area contributed by atoms with Gasteiger partial charge in [0.1, 0.15) is 10.3 Å². The number of imidazole rings is 1. The first-order valence-electron chi connectivity index (χ1n) is 9.88. The number of benzene rings is 1. The lowest BCUT2D eigenvalue weighted by Crippen LogP contribution is -2.46. The van der Waals surface area contributed by atoms with Gasteiger partial charge in [0.15, 0.2) is 0 Å². The van der Waals surface area contributed by atoms with Crippen molar-refractivity contribution in [3.8, 4) is 0 Å². The molecule has 1 aliphatic rings. The Bertz CT molecular complexity index is 1190. The molecule has 0 radical (unpaired) electrons. The Morgan fingerprint density at radius 3 is 2.44 bits per heavy atom. The lowest BCUT2D eigenvalue weighted by Gasteiger charge is -2.35. The first kappa shape index (κ1) is 22.5. The molecule has 0 unspecified atom stereocenters. The van der Waals surface area contributed by atoms with Gasteiger partial charge in [-0.2, -0.15) is 13.2 Å². The largest absolute Gasteiger partial charge is 0.416 e. The molecule has 1 saturated heterocycles. The number of piperazine rings is 1. The summed E-state index contributed by atoms with van der Waals surface area (Å²) in [7, 11) is 0. The monoisotopic (exact) mass is 512 g/mol. The highest BCUT2D eigenvalue weighted by Crippen LogP contribution is 2.37. The normalized spacial score (nSPS) is 15.5. The van der Waals surface area contributed by atoms with E-state index in [1.54, 1.807) is 4.90 Å². The highest BCUT2D eigenvalue weighted by molar-refractivity contribution is 9.10. The lowest BCUT2D eigenvalue weighted by atomic mass is 10.1. The number of hydrogen-bond acceptors (Lipinski definition) is 6. The SMILES string of the molecule is Cc1cc(C)n2c(Br)c(CN3CCN(c4ccc(C(F)(F)F)cc4[N+](=O)[O-])CC3)nc2n1. The summed E-state index contributed by atoms with van der Waals surface area (Å²) in [6.07, 6.45) is -4.63. The molecule has 0 saturated carbocycles. The third-order valence-electron chi connectivity index (χ3n) is 5.50. The minimum Gasteiger partial charge on any atom is -0.363 e. The van der Waals surface area contributed by atoms with Crippen LogP contribution in [0.3, 0.4) is 0 Å². The minimum atomic E-state index is -4.63. The van der Waals surface area contributed by atoms with Gasteiger partial charge in [-0.1, -0.05) is 0 Å². The fourth-order valence-electron chi connectivity index (χ4n) is 3.95. The maximum Gasteiger partial charge on any atom is 0.416 e. The van der Waals surface area contributed by atoms with Gasteiger partial charge in [0.05, 0.1) is 16.2 Å². The van der Waals surface area contributed by atoms with Crippen LogP contribution in [0.4, 0.5) is 24.5 Å². The number of halogens is 4. The van der Waals surface area contributed by atoms with Gasteiger partial charge in [0.2, 0.25) is 5.78 Å². The molecular weight excluding hydrogens is 493 g/mol. The smallest absolute Gasteiger partial charge is 0.363 e. The van der Waals surface area contributed by atoms with E-state index in [1.807, 2.05) is 24.3 Å². The van der Waals surface area contributed by atoms with Crippen LogP contribution in [-0.2, 0) is 12.7 Å². The topological polar surface area (TPSA) is 79.8 Å². The molecule has 0 amide bonds. The molecule has 1 aliphatic heterocycles. The predicted octanol–water partition coefficient (Wildman–Crippen LogP) is 4.36. The Kier molecular flexibility index (Phi) is 5.84. The number of hydrogen-bond donors (Lipinski definition) is 0. The summed E-state index contributed by atoms with van der Waals surface area (Å²) in [5.74, 6) is 0.614. The number of rotatable bonds is 4. The number of alkyl halides is 3. The van der Waals surface area contributed by atoms with E-state index in [0.717, 1.165) is 27.8 Å². The van der Waals surface area contributed by atoms with Crippen LogP contribution in [0.15, 0.2) is 28.9 Å². The van der Waals surface area contributed by atoms with Gasteiger partial charge in [-0.05, 0) is 48.0 Å². The van der Waals surface area contributed by atoms with Crippen LogP contribution in [0, 0.1) is 24.0 Å². The van der Waals surface area contributed by atoms with E-state index >= 15 is 0 Å². The van der Waals surface area contributed by atoms with E-state index in [1.165, 1.54) is 6.07 Å². The van der Waals surface area contributed by atoms with E-state index < -0.39 is 22.4 Å². The number of nitrogens with zero attached hydrogens (tertiary/aromatic N) is 6. The Morgan fingerprint density at radius 2 is 1.81 bits per heavy atom. The number of nitro groups is 1. The third-order valence-corrected chi connectivity index (χ3v) is 6.31. The Hall–Kier alpha value is -2.73. The molecule has 0 N–H and O–H groups in total. The number of aromatic nitrogens is 3. The second-order valence-electron chi connectivity index (χ2n) is 7.75. The number of anilines is 1. The summed E-state index contributed by atoms with van der Waals surface area (Å²) in [5, 5.41) is 11.4. The summed E-state index contributed by atoms with van der Waals surface area (Å²) in [6, 6.07) is 4.65. The molecule has 32 heavy (non-hydrogen) atoms. The summed E-state index contributed by atoms with van der Waals surface area (Å²) < 4.78 is 41.7. The Labute approximate surface area is 189 Å². The molecule has 2 aromatic heterocycles. The second kappa shape index (κ2) is 8.32. The van der Waals surface area contributed by atoms with Crippen molar-refractivity contribution in [3.05, 3.63) is 61.6 Å². The van der Waals surface area contributed by atoms with E-state index in [4.69, 9.17) is 0 Å². The van der Waals surface area contributed by atoms with Crippen LogP contribution >= 0.6 is 15.9 Å². The highest BCUT2D eigenvalue weighted by Gasteiger charge is 2.34. The van der Waals surface area contributed by atoms with Crippen LogP contribution in [0.2, 0.25) is 0 Å². The van der Waals surface area contributed by atoms with Crippen molar-refractivity contribution in [1.29, 1.82) is 0 Å².